The summed E-state index contributed by atoms with van der Waals surface area (Å²) < 4.78 is 9.99. The number of rotatable bonds is 6. The molecule has 1 aliphatic rings. The number of hydrogen-bond acceptors (Lipinski definition) is 7. The molecule has 11 heteroatoms. The summed E-state index contributed by atoms with van der Waals surface area (Å²) in [6.45, 7) is 5.82. The molecule has 4 heterocycles. The Balaban J connectivity index is 1.61. The van der Waals surface area contributed by atoms with Gasteiger partial charge in [0, 0.05) is 25.0 Å². The minimum absolute atomic E-state index is 0.0827. The predicted octanol–water partition coefficient (Wildman–Crippen LogP) is 2.82. The molecule has 1 aliphatic carbocycles. The van der Waals surface area contributed by atoms with Crippen molar-refractivity contribution in [3.05, 3.63) is 59.1 Å². The first kappa shape index (κ1) is 21.8. The van der Waals surface area contributed by atoms with Crippen molar-refractivity contribution >= 4 is 17.6 Å². The summed E-state index contributed by atoms with van der Waals surface area (Å²) >= 11 is 0. The first-order valence-electron chi connectivity index (χ1n) is 11.0. The number of carbonyl (C=O) groups excluding carboxylic acids is 1. The summed E-state index contributed by atoms with van der Waals surface area (Å²) in [7, 11) is 1.33. The topological polar surface area (TPSA) is 129 Å². The summed E-state index contributed by atoms with van der Waals surface area (Å²) in [6, 6.07) is 2.04. The zero-order chi connectivity index (χ0) is 24.2. The van der Waals surface area contributed by atoms with E-state index in [1.54, 1.807) is 15.6 Å². The number of esters is 1. The third-order valence-corrected chi connectivity index (χ3v) is 5.85. The van der Waals surface area contributed by atoms with E-state index in [0.717, 1.165) is 24.1 Å². The number of nitrogens with zero attached hydrogens (tertiary/aromatic N) is 7. The molecule has 0 radical (unpaired) electrons. The minimum Gasteiger partial charge on any atom is -0.476 e. The van der Waals surface area contributed by atoms with E-state index in [0.29, 0.717) is 28.5 Å². The van der Waals surface area contributed by atoms with E-state index in [9.17, 15) is 14.7 Å². The van der Waals surface area contributed by atoms with Crippen molar-refractivity contribution in [3.8, 4) is 5.69 Å². The molecule has 4 aromatic rings. The Morgan fingerprint density at radius 3 is 2.62 bits per heavy atom. The second-order valence-electron chi connectivity index (χ2n) is 9.51. The highest BCUT2D eigenvalue weighted by Crippen LogP contribution is 2.41. The molecule has 176 valence electrons. The van der Waals surface area contributed by atoms with E-state index in [4.69, 9.17) is 9.72 Å². The highest BCUT2D eigenvalue weighted by atomic mass is 16.5. The SMILES string of the molecule is COC(=O)c1cnn(-c2cc(C3CC3)cn3cc(Cc4c(C(=O)O)nnn4C(C)(C)C)nc23)c1. The lowest BCUT2D eigenvalue weighted by Crippen LogP contribution is -2.26. The molecule has 1 saturated carbocycles. The molecule has 1 fully saturated rings. The summed E-state index contributed by atoms with van der Waals surface area (Å²) in [5, 5.41) is 22.0. The number of carbonyl (C=O) groups is 2. The van der Waals surface area contributed by atoms with Crippen molar-refractivity contribution in [1.82, 2.24) is 34.2 Å². The van der Waals surface area contributed by atoms with Crippen LogP contribution >= 0.6 is 0 Å². The van der Waals surface area contributed by atoms with E-state index < -0.39 is 17.5 Å². The molecule has 0 aromatic carbocycles. The number of pyridine rings is 1. The molecule has 4 aromatic heterocycles. The number of carboxylic acid groups (broad SMARTS) is 1. The van der Waals surface area contributed by atoms with Gasteiger partial charge in [-0.2, -0.15) is 5.10 Å². The maximum absolute atomic E-state index is 11.9. The maximum atomic E-state index is 11.9. The van der Waals surface area contributed by atoms with Crippen molar-refractivity contribution in [1.29, 1.82) is 0 Å². The number of imidazole rings is 1. The number of methoxy groups -OCH3 is 1. The second-order valence-corrected chi connectivity index (χ2v) is 9.51. The van der Waals surface area contributed by atoms with Crippen molar-refractivity contribution in [3.63, 3.8) is 0 Å². The summed E-state index contributed by atoms with van der Waals surface area (Å²) in [5.41, 5.74) is 3.51. The Labute approximate surface area is 195 Å². The van der Waals surface area contributed by atoms with Crippen LogP contribution in [-0.4, -0.2) is 58.3 Å². The van der Waals surface area contributed by atoms with E-state index in [1.165, 1.54) is 13.3 Å². The fraction of sp³-hybridized carbons (Fsp3) is 0.391. The van der Waals surface area contributed by atoms with Crippen LogP contribution in [0.15, 0.2) is 30.9 Å². The molecule has 0 amide bonds. The lowest BCUT2D eigenvalue weighted by molar-refractivity contribution is 0.0599. The lowest BCUT2D eigenvalue weighted by atomic mass is 10.1. The van der Waals surface area contributed by atoms with Crippen LogP contribution in [0.2, 0.25) is 0 Å². The Morgan fingerprint density at radius 2 is 1.97 bits per heavy atom. The van der Waals surface area contributed by atoms with Crippen LogP contribution in [0.5, 0.6) is 0 Å². The molecule has 0 aliphatic heterocycles. The zero-order valence-electron chi connectivity index (χ0n) is 19.4. The van der Waals surface area contributed by atoms with Gasteiger partial charge in [-0.05, 0) is 51.2 Å². The third-order valence-electron chi connectivity index (χ3n) is 5.85. The van der Waals surface area contributed by atoms with Gasteiger partial charge in [-0.1, -0.05) is 5.21 Å². The molecule has 11 nitrogen and oxygen atoms in total. The lowest BCUT2D eigenvalue weighted by Gasteiger charge is -2.21. The number of carboxylic acids is 1. The fourth-order valence-corrected chi connectivity index (χ4v) is 4.06. The van der Waals surface area contributed by atoms with Gasteiger partial charge in [-0.25, -0.2) is 23.9 Å². The number of aromatic nitrogens is 7. The van der Waals surface area contributed by atoms with E-state index in [-0.39, 0.29) is 12.1 Å². The van der Waals surface area contributed by atoms with Crippen molar-refractivity contribution in [2.45, 2.75) is 51.5 Å². The number of hydrogen-bond donors (Lipinski definition) is 1. The molecule has 0 unspecified atom stereocenters. The Hall–Kier alpha value is -4.02. The van der Waals surface area contributed by atoms with Crippen LogP contribution in [0, 0.1) is 0 Å². The fourth-order valence-electron chi connectivity index (χ4n) is 4.06. The largest absolute Gasteiger partial charge is 0.476 e. The predicted molar refractivity (Wildman–Crippen MR) is 120 cm³/mol. The Morgan fingerprint density at radius 1 is 1.21 bits per heavy atom. The molecule has 1 N–H and O–H groups in total. The monoisotopic (exact) mass is 463 g/mol. The maximum Gasteiger partial charge on any atom is 0.358 e. The van der Waals surface area contributed by atoms with Crippen LogP contribution in [0.3, 0.4) is 0 Å². The van der Waals surface area contributed by atoms with Crippen molar-refractivity contribution in [2.24, 2.45) is 0 Å². The smallest absolute Gasteiger partial charge is 0.358 e. The van der Waals surface area contributed by atoms with Gasteiger partial charge in [0.15, 0.2) is 11.3 Å². The van der Waals surface area contributed by atoms with Gasteiger partial charge in [0.2, 0.25) is 0 Å². The number of ether oxygens (including phenoxy) is 1. The van der Waals surface area contributed by atoms with Crippen LogP contribution in [0.1, 0.15) is 77.3 Å². The van der Waals surface area contributed by atoms with Gasteiger partial charge in [-0.3, -0.25) is 0 Å². The van der Waals surface area contributed by atoms with Crippen LogP contribution in [-0.2, 0) is 16.7 Å². The molecule has 0 saturated heterocycles. The highest BCUT2D eigenvalue weighted by Gasteiger charge is 2.28. The van der Waals surface area contributed by atoms with Crippen LogP contribution in [0.4, 0.5) is 0 Å². The quantitative estimate of drug-likeness (QED) is 0.432. The first-order valence-corrected chi connectivity index (χ1v) is 11.0. The molecular formula is C23H25N7O4. The van der Waals surface area contributed by atoms with Crippen molar-refractivity contribution < 1.29 is 19.4 Å². The molecule has 0 spiro atoms. The molecule has 34 heavy (non-hydrogen) atoms. The normalized spacial score (nSPS) is 14.0. The molecule has 0 atom stereocenters. The van der Waals surface area contributed by atoms with E-state index in [2.05, 4.69) is 21.6 Å². The average Bonchev–Trinajstić information content (AvgIpc) is 3.18. The Kier molecular flexibility index (Phi) is 4.99. The standard InChI is InChI=1S/C23H25N7O4/c1-23(2,3)30-17(19(21(31)32)26-27-30)8-16-12-28-10-14(13-5-6-13)7-18(20(28)25-16)29-11-15(9-24-29)22(33)34-4/h7,9-13H,5-6,8H2,1-4H3,(H,31,32). The van der Waals surface area contributed by atoms with Crippen LogP contribution in [0.25, 0.3) is 11.3 Å². The molecule has 5 rings (SSSR count). The number of aromatic carboxylic acids is 1. The average molecular weight is 463 g/mol. The molecular weight excluding hydrogens is 438 g/mol. The summed E-state index contributed by atoms with van der Waals surface area (Å²) in [5.74, 6) is -1.11. The Bertz CT molecular complexity index is 1420. The van der Waals surface area contributed by atoms with Gasteiger partial charge in [-0.15, -0.1) is 5.10 Å². The van der Waals surface area contributed by atoms with Gasteiger partial charge in [0.05, 0.1) is 35.8 Å². The minimum atomic E-state index is -1.13. The summed E-state index contributed by atoms with van der Waals surface area (Å²) in [4.78, 5) is 28.5. The third kappa shape index (κ3) is 3.82. The summed E-state index contributed by atoms with van der Waals surface area (Å²) in [6.07, 6.45) is 9.51. The van der Waals surface area contributed by atoms with E-state index >= 15 is 0 Å². The second kappa shape index (κ2) is 7.79. The highest BCUT2D eigenvalue weighted by molar-refractivity contribution is 5.89. The van der Waals surface area contributed by atoms with Gasteiger partial charge < -0.3 is 14.2 Å². The van der Waals surface area contributed by atoms with E-state index in [1.807, 2.05) is 37.4 Å². The number of fused-ring (bicyclic) bond motifs is 1. The van der Waals surface area contributed by atoms with Crippen LogP contribution < -0.4 is 0 Å². The van der Waals surface area contributed by atoms with Gasteiger partial charge in [0.1, 0.15) is 5.69 Å². The van der Waals surface area contributed by atoms with Gasteiger partial charge >= 0.3 is 11.9 Å². The molecule has 0 bridgehead atoms. The zero-order valence-corrected chi connectivity index (χ0v) is 19.4. The van der Waals surface area contributed by atoms with Gasteiger partial charge in [0.25, 0.3) is 0 Å². The van der Waals surface area contributed by atoms with Crippen molar-refractivity contribution in [2.75, 3.05) is 7.11 Å². The first-order chi connectivity index (χ1) is 16.2.